The third kappa shape index (κ3) is 4.44. The number of carbonyl (C=O) groups excluding carboxylic acids is 2. The lowest BCUT2D eigenvalue weighted by Crippen LogP contribution is -2.47. The van der Waals surface area contributed by atoms with Gasteiger partial charge in [0.25, 0.3) is 5.91 Å². The van der Waals surface area contributed by atoms with Crippen LogP contribution in [-0.2, 0) is 16.8 Å². The van der Waals surface area contributed by atoms with Crippen LogP contribution in [0.5, 0.6) is 11.5 Å². The van der Waals surface area contributed by atoms with Crippen LogP contribution < -0.4 is 14.8 Å². The number of hydrogen-bond acceptors (Lipinski definition) is 5. The zero-order valence-electron chi connectivity index (χ0n) is 20.8. The number of nitrogens with zero attached hydrogens (tertiary/aromatic N) is 2. The highest BCUT2D eigenvalue weighted by Gasteiger charge is 2.53. The molecule has 2 saturated heterocycles. The molecule has 3 aromatic carbocycles. The van der Waals surface area contributed by atoms with Crippen molar-refractivity contribution in [1.29, 1.82) is 0 Å². The Bertz CT molecular complexity index is 1280. The van der Waals surface area contributed by atoms with Gasteiger partial charge >= 0.3 is 6.03 Å². The number of likely N-dealkylation sites (tertiary alicyclic amines) is 1. The summed E-state index contributed by atoms with van der Waals surface area (Å²) in [5, 5.41) is 3.08. The smallest absolute Gasteiger partial charge is 0.326 e. The lowest BCUT2D eigenvalue weighted by molar-refractivity contribution is -0.133. The monoisotopic (exact) mass is 497 g/mol. The summed E-state index contributed by atoms with van der Waals surface area (Å²) < 4.78 is 11.7. The molecule has 3 aliphatic rings. The molecule has 7 heteroatoms. The first kappa shape index (κ1) is 23.6. The molecule has 6 rings (SSSR count). The highest BCUT2D eigenvalue weighted by atomic mass is 16.5. The number of fused-ring (bicyclic) bond motifs is 1. The first-order valence-corrected chi connectivity index (χ1v) is 13.0. The van der Waals surface area contributed by atoms with Crippen LogP contribution in [0, 0.1) is 0 Å². The van der Waals surface area contributed by atoms with Crippen LogP contribution in [0.2, 0.25) is 0 Å². The molecule has 2 atom stereocenters. The second kappa shape index (κ2) is 9.90. The number of carbonyl (C=O) groups is 2. The second-order valence-electron chi connectivity index (χ2n) is 9.97. The lowest BCUT2D eigenvalue weighted by Gasteiger charge is -2.30. The number of ether oxygens (including phenoxy) is 2. The number of urea groups is 1. The Balaban J connectivity index is 1.27. The van der Waals surface area contributed by atoms with Crippen molar-refractivity contribution in [2.45, 2.75) is 37.3 Å². The van der Waals surface area contributed by atoms with E-state index in [9.17, 15) is 9.59 Å². The molecule has 3 amide bonds. The minimum absolute atomic E-state index is 0.0959. The van der Waals surface area contributed by atoms with Crippen molar-refractivity contribution in [3.8, 4) is 11.5 Å². The second-order valence-corrected chi connectivity index (χ2v) is 9.97. The molecule has 2 fully saturated rings. The van der Waals surface area contributed by atoms with Crippen molar-refractivity contribution in [2.75, 3.05) is 26.4 Å². The molecule has 7 nitrogen and oxygen atoms in total. The lowest BCUT2D eigenvalue weighted by atomic mass is 9.83. The fraction of sp³-hybridized carbons (Fsp3) is 0.333. The van der Waals surface area contributed by atoms with Crippen molar-refractivity contribution in [2.24, 2.45) is 0 Å². The van der Waals surface area contributed by atoms with E-state index in [-0.39, 0.29) is 24.6 Å². The van der Waals surface area contributed by atoms with Gasteiger partial charge in [0, 0.05) is 25.4 Å². The summed E-state index contributed by atoms with van der Waals surface area (Å²) in [6.07, 6.45) is 3.20. The normalized spacial score (nSPS) is 23.7. The number of amides is 3. The van der Waals surface area contributed by atoms with Gasteiger partial charge in [-0.05, 0) is 41.7 Å². The third-order valence-electron chi connectivity index (χ3n) is 7.60. The fourth-order valence-corrected chi connectivity index (χ4v) is 5.74. The Morgan fingerprint density at radius 1 is 0.865 bits per heavy atom. The van der Waals surface area contributed by atoms with Crippen molar-refractivity contribution in [3.63, 3.8) is 0 Å². The summed E-state index contributed by atoms with van der Waals surface area (Å²) in [5.41, 5.74) is 1.77. The molecule has 1 N–H and O–H groups in total. The highest BCUT2D eigenvalue weighted by Crippen LogP contribution is 2.39. The highest BCUT2D eigenvalue weighted by molar-refractivity contribution is 6.07. The van der Waals surface area contributed by atoms with E-state index < -0.39 is 5.54 Å². The van der Waals surface area contributed by atoms with Crippen LogP contribution in [0.15, 0.2) is 78.9 Å². The SMILES string of the molecule is O=C1N[C@@](Cc2ccccc2)(c2ccccc2)C(=O)N1CN1CCC[C@H]1c1ccc2c(c1)OCCCO2. The van der Waals surface area contributed by atoms with Gasteiger partial charge in [-0.15, -0.1) is 0 Å². The molecule has 0 aromatic heterocycles. The summed E-state index contributed by atoms with van der Waals surface area (Å²) in [6, 6.07) is 25.3. The van der Waals surface area contributed by atoms with Gasteiger partial charge in [0.2, 0.25) is 0 Å². The summed E-state index contributed by atoms with van der Waals surface area (Å²) in [5.74, 6) is 1.33. The van der Waals surface area contributed by atoms with Crippen LogP contribution >= 0.6 is 0 Å². The Morgan fingerprint density at radius 2 is 1.59 bits per heavy atom. The van der Waals surface area contributed by atoms with Gasteiger partial charge in [-0.25, -0.2) is 9.69 Å². The van der Waals surface area contributed by atoms with Crippen LogP contribution in [-0.4, -0.2) is 48.2 Å². The summed E-state index contributed by atoms with van der Waals surface area (Å²) in [6.45, 7) is 2.34. The van der Waals surface area contributed by atoms with Gasteiger partial charge in [0.05, 0.1) is 19.9 Å². The quantitative estimate of drug-likeness (QED) is 0.503. The predicted octanol–water partition coefficient (Wildman–Crippen LogP) is 4.63. The van der Waals surface area contributed by atoms with E-state index in [2.05, 4.69) is 22.3 Å². The number of hydrogen-bond donors (Lipinski definition) is 1. The molecule has 0 spiro atoms. The predicted molar refractivity (Wildman–Crippen MR) is 139 cm³/mol. The van der Waals surface area contributed by atoms with Crippen LogP contribution in [0.3, 0.4) is 0 Å². The maximum Gasteiger partial charge on any atom is 0.326 e. The summed E-state index contributed by atoms with van der Waals surface area (Å²) in [4.78, 5) is 31.0. The summed E-state index contributed by atoms with van der Waals surface area (Å²) >= 11 is 0. The zero-order valence-corrected chi connectivity index (χ0v) is 20.8. The average Bonchev–Trinajstić information content (AvgIpc) is 3.39. The molecule has 0 unspecified atom stereocenters. The first-order chi connectivity index (χ1) is 18.1. The van der Waals surface area contributed by atoms with E-state index in [4.69, 9.17) is 9.47 Å². The maximum absolute atomic E-state index is 14.1. The molecule has 190 valence electrons. The van der Waals surface area contributed by atoms with Gasteiger partial charge in [0.15, 0.2) is 17.0 Å². The molecule has 37 heavy (non-hydrogen) atoms. The third-order valence-corrected chi connectivity index (χ3v) is 7.60. The molecule has 3 aromatic rings. The van der Waals surface area contributed by atoms with E-state index in [0.717, 1.165) is 54.0 Å². The molecular formula is C30H31N3O4. The van der Waals surface area contributed by atoms with Gasteiger partial charge in [-0.1, -0.05) is 66.7 Å². The zero-order chi connectivity index (χ0) is 25.2. The minimum atomic E-state index is -1.13. The standard InChI is InChI=1S/C30H31N3O4/c34-28-30(24-11-5-2-6-12-24,20-22-9-3-1-4-10-22)31-29(35)33(28)21-32-16-7-13-25(32)23-14-15-26-27(19-23)37-18-8-17-36-26/h1-6,9-12,14-15,19,25H,7-8,13,16-18,20-21H2,(H,31,35)/t25-,30-/m0/s1. The molecule has 0 bridgehead atoms. The Hall–Kier alpha value is -3.84. The van der Waals surface area contributed by atoms with Gasteiger partial charge in [0.1, 0.15) is 0 Å². The molecule has 0 saturated carbocycles. The van der Waals surface area contributed by atoms with Gasteiger partial charge < -0.3 is 14.8 Å². The number of imide groups is 1. The number of rotatable bonds is 6. The maximum atomic E-state index is 14.1. The molecule has 3 heterocycles. The Labute approximate surface area is 217 Å². The fourth-order valence-electron chi connectivity index (χ4n) is 5.74. The van der Waals surface area contributed by atoms with E-state index in [1.807, 2.05) is 66.7 Å². The van der Waals surface area contributed by atoms with E-state index >= 15 is 0 Å². The molecular weight excluding hydrogens is 466 g/mol. The van der Waals surface area contributed by atoms with E-state index in [1.165, 1.54) is 4.90 Å². The largest absolute Gasteiger partial charge is 0.490 e. The van der Waals surface area contributed by atoms with E-state index in [1.54, 1.807) is 0 Å². The van der Waals surface area contributed by atoms with E-state index in [0.29, 0.717) is 19.6 Å². The Kier molecular flexibility index (Phi) is 6.30. The van der Waals surface area contributed by atoms with Crippen LogP contribution in [0.25, 0.3) is 0 Å². The van der Waals surface area contributed by atoms with Crippen molar-refractivity contribution < 1.29 is 19.1 Å². The molecule has 0 radical (unpaired) electrons. The molecule has 0 aliphatic carbocycles. The van der Waals surface area contributed by atoms with Crippen molar-refractivity contribution >= 4 is 11.9 Å². The Morgan fingerprint density at radius 3 is 2.38 bits per heavy atom. The molecule has 3 aliphatic heterocycles. The van der Waals surface area contributed by atoms with Crippen LogP contribution in [0.1, 0.15) is 42.0 Å². The van der Waals surface area contributed by atoms with Crippen LogP contribution in [0.4, 0.5) is 4.79 Å². The van der Waals surface area contributed by atoms with Gasteiger partial charge in [-0.2, -0.15) is 0 Å². The number of nitrogens with one attached hydrogen (secondary N) is 1. The number of benzene rings is 3. The van der Waals surface area contributed by atoms with Crippen molar-refractivity contribution in [3.05, 3.63) is 95.6 Å². The first-order valence-electron chi connectivity index (χ1n) is 13.0. The van der Waals surface area contributed by atoms with Gasteiger partial charge in [-0.3, -0.25) is 9.69 Å². The average molecular weight is 498 g/mol. The minimum Gasteiger partial charge on any atom is -0.490 e. The topological polar surface area (TPSA) is 71.1 Å². The van der Waals surface area contributed by atoms with Crippen molar-refractivity contribution in [1.82, 2.24) is 15.1 Å². The summed E-state index contributed by atoms with van der Waals surface area (Å²) in [7, 11) is 0.